The van der Waals surface area contributed by atoms with Crippen molar-refractivity contribution in [3.05, 3.63) is 69.7 Å². The quantitative estimate of drug-likeness (QED) is 0.597. The van der Waals surface area contributed by atoms with Crippen molar-refractivity contribution >= 4 is 28.8 Å². The molecule has 1 aliphatic rings. The van der Waals surface area contributed by atoms with E-state index in [4.69, 9.17) is 4.74 Å². The average Bonchev–Trinajstić information content (AvgIpc) is 3.31. The van der Waals surface area contributed by atoms with Crippen LogP contribution >= 0.6 is 11.3 Å². The molecule has 8 heteroatoms. The topological polar surface area (TPSA) is 84.4 Å². The predicted octanol–water partition coefficient (Wildman–Crippen LogP) is 4.52. The number of nitrogens with zero attached hydrogens (tertiary/aromatic N) is 3. The Bertz CT molecular complexity index is 1100. The first-order chi connectivity index (χ1) is 15.5. The summed E-state index contributed by atoms with van der Waals surface area (Å²) in [6.07, 6.45) is 1.78. The minimum Gasteiger partial charge on any atom is -0.493 e. The van der Waals surface area contributed by atoms with Gasteiger partial charge >= 0.3 is 0 Å². The summed E-state index contributed by atoms with van der Waals surface area (Å²) in [5, 5.41) is 12.4. The summed E-state index contributed by atoms with van der Waals surface area (Å²) in [6.45, 7) is 5.64. The molecule has 7 nitrogen and oxygen atoms in total. The summed E-state index contributed by atoms with van der Waals surface area (Å²) in [7, 11) is 0. The van der Waals surface area contributed by atoms with Crippen LogP contribution in [0.4, 0.5) is 5.69 Å². The number of carbonyl (C=O) groups is 2. The van der Waals surface area contributed by atoms with E-state index in [-0.39, 0.29) is 17.7 Å². The van der Waals surface area contributed by atoms with Gasteiger partial charge in [0.15, 0.2) is 0 Å². The van der Waals surface area contributed by atoms with Crippen LogP contribution in [0.5, 0.6) is 5.75 Å². The molecular formula is C24H26N4O3S. The lowest BCUT2D eigenvalue weighted by molar-refractivity contribution is 0.0702. The molecule has 0 unspecified atom stereocenters. The number of aryl methyl sites for hydroxylation is 1. The molecule has 1 saturated heterocycles. The van der Waals surface area contributed by atoms with Gasteiger partial charge in [-0.1, -0.05) is 41.2 Å². The lowest BCUT2D eigenvalue weighted by atomic mass is 9.98. The van der Waals surface area contributed by atoms with E-state index in [1.54, 1.807) is 6.07 Å². The van der Waals surface area contributed by atoms with E-state index in [1.807, 2.05) is 61.2 Å². The summed E-state index contributed by atoms with van der Waals surface area (Å²) in [6, 6.07) is 14.9. The highest BCUT2D eigenvalue weighted by molar-refractivity contribution is 7.13. The number of benzene rings is 2. The second-order valence-corrected chi connectivity index (χ2v) is 8.79. The summed E-state index contributed by atoms with van der Waals surface area (Å²) in [4.78, 5) is 27.6. The standard InChI is InChI=1S/C24H26N4O3S/c1-3-31-20-9-5-4-8-19(20)24(30)28-14-6-7-17(15-28)22-26-27-23(32-22)21(29)25-18-12-10-16(2)11-13-18/h4-5,8-13,17H,3,6-7,14-15H2,1-2H3,(H,25,29)/t17-/m0/s1. The molecule has 166 valence electrons. The van der Waals surface area contributed by atoms with Crippen molar-refractivity contribution in [3.8, 4) is 5.75 Å². The van der Waals surface area contributed by atoms with Crippen molar-refractivity contribution in [2.75, 3.05) is 25.0 Å². The van der Waals surface area contributed by atoms with E-state index in [1.165, 1.54) is 11.3 Å². The van der Waals surface area contributed by atoms with Gasteiger partial charge in [-0.15, -0.1) is 10.2 Å². The predicted molar refractivity (Wildman–Crippen MR) is 125 cm³/mol. The molecule has 2 amide bonds. The highest BCUT2D eigenvalue weighted by atomic mass is 32.1. The molecule has 0 bridgehead atoms. The first-order valence-corrected chi connectivity index (χ1v) is 11.6. The van der Waals surface area contributed by atoms with Gasteiger partial charge < -0.3 is 15.0 Å². The molecule has 1 atom stereocenters. The minimum atomic E-state index is -0.271. The van der Waals surface area contributed by atoms with Crippen LogP contribution in [0.25, 0.3) is 0 Å². The van der Waals surface area contributed by atoms with Crippen LogP contribution in [0.15, 0.2) is 48.5 Å². The third-order valence-corrected chi connectivity index (χ3v) is 6.50. The van der Waals surface area contributed by atoms with Crippen LogP contribution in [0, 0.1) is 6.92 Å². The second kappa shape index (κ2) is 9.91. The Kier molecular flexibility index (Phi) is 6.80. The number of carbonyl (C=O) groups excluding carboxylic acids is 2. The minimum absolute atomic E-state index is 0.0411. The number of likely N-dealkylation sites (tertiary alicyclic amines) is 1. The molecule has 32 heavy (non-hydrogen) atoms. The van der Waals surface area contributed by atoms with Gasteiger partial charge in [-0.25, -0.2) is 0 Å². The number of piperidine rings is 1. The molecule has 3 aromatic rings. The average molecular weight is 451 g/mol. The van der Waals surface area contributed by atoms with E-state index in [0.717, 1.165) is 29.1 Å². The molecule has 2 heterocycles. The number of anilines is 1. The normalized spacial score (nSPS) is 15.9. The van der Waals surface area contributed by atoms with E-state index in [0.29, 0.717) is 36.0 Å². The first kappa shape index (κ1) is 22.0. The van der Waals surface area contributed by atoms with Gasteiger partial charge in [0, 0.05) is 24.7 Å². The van der Waals surface area contributed by atoms with Crippen molar-refractivity contribution < 1.29 is 14.3 Å². The van der Waals surface area contributed by atoms with Gasteiger partial charge in [-0.3, -0.25) is 9.59 Å². The second-order valence-electron chi connectivity index (χ2n) is 7.79. The molecule has 0 aliphatic carbocycles. The number of nitrogens with one attached hydrogen (secondary N) is 1. The zero-order chi connectivity index (χ0) is 22.5. The summed E-state index contributed by atoms with van der Waals surface area (Å²) >= 11 is 1.29. The highest BCUT2D eigenvalue weighted by Gasteiger charge is 2.29. The van der Waals surface area contributed by atoms with Crippen LogP contribution in [-0.4, -0.2) is 46.6 Å². The van der Waals surface area contributed by atoms with Crippen LogP contribution < -0.4 is 10.1 Å². The molecule has 1 N–H and O–H groups in total. The molecule has 0 spiro atoms. The fourth-order valence-corrected chi connectivity index (χ4v) is 4.64. The van der Waals surface area contributed by atoms with Crippen molar-refractivity contribution in [2.24, 2.45) is 0 Å². The van der Waals surface area contributed by atoms with Gasteiger partial charge in [0.25, 0.3) is 11.8 Å². The van der Waals surface area contributed by atoms with Crippen molar-refractivity contribution in [1.29, 1.82) is 0 Å². The number of para-hydroxylation sites is 1. The van der Waals surface area contributed by atoms with E-state index >= 15 is 0 Å². The Morgan fingerprint density at radius 2 is 1.94 bits per heavy atom. The zero-order valence-corrected chi connectivity index (χ0v) is 19.0. The van der Waals surface area contributed by atoms with Crippen LogP contribution in [-0.2, 0) is 0 Å². The Morgan fingerprint density at radius 3 is 2.72 bits per heavy atom. The van der Waals surface area contributed by atoms with Gasteiger partial charge in [0.2, 0.25) is 5.01 Å². The maximum absolute atomic E-state index is 13.2. The number of ether oxygens (including phenoxy) is 1. The molecule has 4 rings (SSSR count). The van der Waals surface area contributed by atoms with Crippen molar-refractivity contribution in [2.45, 2.75) is 32.6 Å². The van der Waals surface area contributed by atoms with Gasteiger partial charge in [-0.2, -0.15) is 0 Å². The number of aromatic nitrogens is 2. The maximum Gasteiger partial charge on any atom is 0.286 e. The maximum atomic E-state index is 13.2. The smallest absolute Gasteiger partial charge is 0.286 e. The Labute approximate surface area is 191 Å². The number of hydrogen-bond donors (Lipinski definition) is 1. The van der Waals surface area contributed by atoms with Crippen molar-refractivity contribution in [1.82, 2.24) is 15.1 Å². The highest BCUT2D eigenvalue weighted by Crippen LogP contribution is 2.31. The van der Waals surface area contributed by atoms with E-state index in [9.17, 15) is 9.59 Å². The van der Waals surface area contributed by atoms with Crippen LogP contribution in [0.3, 0.4) is 0 Å². The third kappa shape index (κ3) is 4.96. The largest absolute Gasteiger partial charge is 0.493 e. The van der Waals surface area contributed by atoms with Crippen molar-refractivity contribution in [3.63, 3.8) is 0 Å². The van der Waals surface area contributed by atoms with Crippen LogP contribution in [0.2, 0.25) is 0 Å². The lowest BCUT2D eigenvalue weighted by Crippen LogP contribution is -2.39. The van der Waals surface area contributed by atoms with E-state index < -0.39 is 0 Å². The Morgan fingerprint density at radius 1 is 1.16 bits per heavy atom. The number of amides is 2. The summed E-state index contributed by atoms with van der Waals surface area (Å²) < 4.78 is 5.63. The fraction of sp³-hybridized carbons (Fsp3) is 0.333. The summed E-state index contributed by atoms with van der Waals surface area (Å²) in [5.74, 6) is 0.353. The molecule has 1 fully saturated rings. The monoisotopic (exact) mass is 450 g/mol. The Balaban J connectivity index is 1.44. The SMILES string of the molecule is CCOc1ccccc1C(=O)N1CCC[C@H](c2nnc(C(=O)Nc3ccc(C)cc3)s2)C1. The number of hydrogen-bond acceptors (Lipinski definition) is 6. The Hall–Kier alpha value is -3.26. The van der Waals surface area contributed by atoms with Crippen LogP contribution in [0.1, 0.15) is 56.4 Å². The molecular weight excluding hydrogens is 424 g/mol. The zero-order valence-electron chi connectivity index (χ0n) is 18.2. The molecule has 1 aliphatic heterocycles. The third-order valence-electron chi connectivity index (χ3n) is 5.42. The molecule has 0 radical (unpaired) electrons. The molecule has 1 aromatic heterocycles. The van der Waals surface area contributed by atoms with Gasteiger partial charge in [-0.05, 0) is 51.0 Å². The van der Waals surface area contributed by atoms with Gasteiger partial charge in [0.1, 0.15) is 10.8 Å². The van der Waals surface area contributed by atoms with E-state index in [2.05, 4.69) is 15.5 Å². The first-order valence-electron chi connectivity index (χ1n) is 10.8. The fourth-order valence-electron chi connectivity index (χ4n) is 3.77. The van der Waals surface area contributed by atoms with Gasteiger partial charge in [0.05, 0.1) is 12.2 Å². The number of rotatable bonds is 6. The lowest BCUT2D eigenvalue weighted by Gasteiger charge is -2.32. The summed E-state index contributed by atoms with van der Waals surface area (Å²) in [5.41, 5.74) is 2.42. The molecule has 2 aromatic carbocycles. The molecule has 0 saturated carbocycles.